The molecule has 5 nitrogen and oxygen atoms in total. The molecule has 1 unspecified atom stereocenters. The van der Waals surface area contributed by atoms with E-state index in [2.05, 4.69) is 91.7 Å². The number of carbonyl (C=O) groups excluding carboxylic acids is 1. The van der Waals surface area contributed by atoms with Gasteiger partial charge in [0.2, 0.25) is 0 Å². The molecule has 0 aliphatic carbocycles. The number of ether oxygens (including phenoxy) is 2. The summed E-state index contributed by atoms with van der Waals surface area (Å²) in [6, 6.07) is 30.8. The van der Waals surface area contributed by atoms with Crippen LogP contribution < -0.4 is 9.64 Å². The lowest BCUT2D eigenvalue weighted by atomic mass is 9.76. The van der Waals surface area contributed by atoms with Crippen molar-refractivity contribution in [3.63, 3.8) is 0 Å². The summed E-state index contributed by atoms with van der Waals surface area (Å²) in [5.74, 6) is 0.411. The van der Waals surface area contributed by atoms with Gasteiger partial charge in [0, 0.05) is 59.0 Å². The number of aryl methyl sites for hydroxylation is 1. The van der Waals surface area contributed by atoms with Crippen molar-refractivity contribution in [1.29, 1.82) is 0 Å². The summed E-state index contributed by atoms with van der Waals surface area (Å²) in [6.45, 7) is 11.0. The summed E-state index contributed by atoms with van der Waals surface area (Å²) in [5.41, 5.74) is 7.26. The SMILES string of the molecule is CCCCOc1cc(N(CC)CC)ccc1C1(c2c(-c3ccccc3)c(C)n3ccccc23)OC(=O)c2ccccc21. The molecule has 3 aromatic carbocycles. The third-order valence-corrected chi connectivity index (χ3v) is 8.50. The van der Waals surface area contributed by atoms with Gasteiger partial charge in [0.05, 0.1) is 17.7 Å². The molecule has 0 N–H and O–H groups in total. The van der Waals surface area contributed by atoms with Gasteiger partial charge in [0.25, 0.3) is 0 Å². The Labute approximate surface area is 248 Å². The highest BCUT2D eigenvalue weighted by atomic mass is 16.6. The average molecular weight is 559 g/mol. The summed E-state index contributed by atoms with van der Waals surface area (Å²) in [4.78, 5) is 16.1. The highest BCUT2D eigenvalue weighted by Crippen LogP contribution is 2.55. The average Bonchev–Trinajstić information content (AvgIpc) is 3.50. The standard InChI is InChI=1S/C37H38N2O3/c1-5-8-24-41-33-25-28(38(6-2)7-3)21-22-31(33)37(30-19-13-12-18-29(30)36(40)42-37)35-32-20-14-15-23-39(32)26(4)34(35)27-16-10-9-11-17-27/h9-23,25H,5-8,24H2,1-4H3. The summed E-state index contributed by atoms with van der Waals surface area (Å²) in [7, 11) is 0. The number of fused-ring (bicyclic) bond motifs is 2. The predicted molar refractivity (Wildman–Crippen MR) is 170 cm³/mol. The van der Waals surface area contributed by atoms with Crippen LogP contribution in [0, 0.1) is 6.92 Å². The Morgan fingerprint density at radius 2 is 1.60 bits per heavy atom. The Balaban J connectivity index is 1.74. The van der Waals surface area contributed by atoms with Crippen molar-refractivity contribution < 1.29 is 14.3 Å². The highest BCUT2D eigenvalue weighted by molar-refractivity contribution is 5.98. The van der Waals surface area contributed by atoms with Gasteiger partial charge in [-0.25, -0.2) is 4.79 Å². The summed E-state index contributed by atoms with van der Waals surface area (Å²) >= 11 is 0. The van der Waals surface area contributed by atoms with Crippen LogP contribution in [0.4, 0.5) is 5.69 Å². The maximum atomic E-state index is 13.8. The molecule has 42 heavy (non-hydrogen) atoms. The summed E-state index contributed by atoms with van der Waals surface area (Å²) in [5, 5.41) is 0. The van der Waals surface area contributed by atoms with E-state index in [4.69, 9.17) is 9.47 Å². The molecule has 1 aliphatic rings. The van der Waals surface area contributed by atoms with Crippen molar-refractivity contribution in [1.82, 2.24) is 4.40 Å². The smallest absolute Gasteiger partial charge is 0.340 e. The van der Waals surface area contributed by atoms with Crippen LogP contribution in [0.3, 0.4) is 0 Å². The first-order valence-electron chi connectivity index (χ1n) is 15.1. The molecular formula is C37H38N2O3. The lowest BCUT2D eigenvalue weighted by molar-refractivity contribution is 0.0249. The number of aromatic nitrogens is 1. The minimum Gasteiger partial charge on any atom is -0.493 e. The van der Waals surface area contributed by atoms with E-state index in [9.17, 15) is 4.79 Å². The van der Waals surface area contributed by atoms with Gasteiger partial charge in [-0.1, -0.05) is 67.9 Å². The monoisotopic (exact) mass is 558 g/mol. The molecule has 2 aromatic heterocycles. The first kappa shape index (κ1) is 27.6. The topological polar surface area (TPSA) is 43.2 Å². The van der Waals surface area contributed by atoms with Crippen LogP contribution in [0.2, 0.25) is 0 Å². The highest BCUT2D eigenvalue weighted by Gasteiger charge is 2.53. The maximum Gasteiger partial charge on any atom is 0.340 e. The number of hydrogen-bond acceptors (Lipinski definition) is 4. The van der Waals surface area contributed by atoms with Crippen molar-refractivity contribution in [2.24, 2.45) is 0 Å². The van der Waals surface area contributed by atoms with Crippen LogP contribution in [0.5, 0.6) is 5.75 Å². The lowest BCUT2D eigenvalue weighted by Gasteiger charge is -2.33. The Morgan fingerprint density at radius 1 is 0.857 bits per heavy atom. The van der Waals surface area contributed by atoms with Gasteiger partial charge in [-0.3, -0.25) is 0 Å². The van der Waals surface area contributed by atoms with Gasteiger partial charge in [0.1, 0.15) is 5.75 Å². The van der Waals surface area contributed by atoms with Gasteiger partial charge in [-0.05, 0) is 63.1 Å². The zero-order chi connectivity index (χ0) is 29.3. The number of unbranched alkanes of at least 4 members (excludes halogenated alkanes) is 1. The van der Waals surface area contributed by atoms with Crippen molar-refractivity contribution >= 4 is 17.2 Å². The maximum absolute atomic E-state index is 13.8. The fraction of sp³-hybridized carbons (Fsp3) is 0.270. The van der Waals surface area contributed by atoms with Gasteiger partial charge >= 0.3 is 5.97 Å². The number of hydrogen-bond donors (Lipinski definition) is 0. The molecule has 0 bridgehead atoms. The van der Waals surface area contributed by atoms with Crippen LogP contribution >= 0.6 is 0 Å². The third kappa shape index (κ3) is 4.35. The summed E-state index contributed by atoms with van der Waals surface area (Å²) < 4.78 is 15.5. The molecule has 3 heterocycles. The minimum absolute atomic E-state index is 0.329. The molecule has 0 spiro atoms. The molecule has 0 saturated carbocycles. The predicted octanol–water partition coefficient (Wildman–Crippen LogP) is 8.40. The number of cyclic esters (lactones) is 1. The van der Waals surface area contributed by atoms with Crippen LogP contribution in [-0.4, -0.2) is 30.1 Å². The molecule has 1 aliphatic heterocycles. The Morgan fingerprint density at radius 3 is 2.36 bits per heavy atom. The molecule has 5 heteroatoms. The second-order valence-corrected chi connectivity index (χ2v) is 10.8. The zero-order valence-corrected chi connectivity index (χ0v) is 24.9. The first-order chi connectivity index (χ1) is 20.5. The van der Waals surface area contributed by atoms with Crippen LogP contribution in [-0.2, 0) is 10.3 Å². The summed E-state index contributed by atoms with van der Waals surface area (Å²) in [6.07, 6.45) is 4.04. The number of esters is 1. The minimum atomic E-state index is -1.22. The van der Waals surface area contributed by atoms with Gasteiger partial charge in [-0.15, -0.1) is 0 Å². The van der Waals surface area contributed by atoms with E-state index in [0.717, 1.165) is 76.4 Å². The molecule has 0 amide bonds. The number of anilines is 1. The van der Waals surface area contributed by atoms with Crippen LogP contribution in [0.15, 0.2) is 97.2 Å². The number of benzene rings is 3. The van der Waals surface area contributed by atoms with Gasteiger partial charge in [-0.2, -0.15) is 0 Å². The Hall–Kier alpha value is -4.51. The Kier molecular flexibility index (Phi) is 7.51. The fourth-order valence-electron chi connectivity index (χ4n) is 6.45. The molecule has 0 fully saturated rings. The first-order valence-corrected chi connectivity index (χ1v) is 15.1. The molecule has 6 rings (SSSR count). The van der Waals surface area contributed by atoms with E-state index >= 15 is 0 Å². The normalized spacial score (nSPS) is 16.0. The van der Waals surface area contributed by atoms with Gasteiger partial charge in [0.15, 0.2) is 5.60 Å². The number of carbonyl (C=O) groups is 1. The van der Waals surface area contributed by atoms with E-state index in [0.29, 0.717) is 12.2 Å². The third-order valence-electron chi connectivity index (χ3n) is 8.50. The van der Waals surface area contributed by atoms with Crippen molar-refractivity contribution in [3.05, 3.63) is 125 Å². The quantitative estimate of drug-likeness (QED) is 0.128. The second-order valence-electron chi connectivity index (χ2n) is 10.8. The molecule has 1 atom stereocenters. The molecule has 214 valence electrons. The number of nitrogens with zero attached hydrogens (tertiary/aromatic N) is 2. The Bertz CT molecular complexity index is 1740. The zero-order valence-electron chi connectivity index (χ0n) is 24.9. The van der Waals surface area contributed by atoms with E-state index in [1.807, 2.05) is 42.5 Å². The largest absolute Gasteiger partial charge is 0.493 e. The van der Waals surface area contributed by atoms with Crippen LogP contribution in [0.25, 0.3) is 16.6 Å². The van der Waals surface area contributed by atoms with Crippen molar-refractivity contribution in [3.8, 4) is 16.9 Å². The fourth-order valence-corrected chi connectivity index (χ4v) is 6.45. The van der Waals surface area contributed by atoms with E-state index in [-0.39, 0.29) is 5.97 Å². The number of rotatable bonds is 10. The van der Waals surface area contributed by atoms with Crippen molar-refractivity contribution in [2.45, 2.75) is 46.1 Å². The van der Waals surface area contributed by atoms with Crippen LogP contribution in [0.1, 0.15) is 66.4 Å². The number of pyridine rings is 1. The molecular weight excluding hydrogens is 520 g/mol. The molecule has 5 aromatic rings. The van der Waals surface area contributed by atoms with E-state index < -0.39 is 5.60 Å². The molecule has 0 radical (unpaired) electrons. The van der Waals surface area contributed by atoms with Crippen molar-refractivity contribution in [2.75, 3.05) is 24.6 Å². The second kappa shape index (κ2) is 11.4. The molecule has 0 saturated heterocycles. The van der Waals surface area contributed by atoms with Gasteiger partial charge < -0.3 is 18.8 Å². The van der Waals surface area contributed by atoms with E-state index in [1.165, 1.54) is 0 Å². The lowest BCUT2D eigenvalue weighted by Crippen LogP contribution is -2.31. The van der Waals surface area contributed by atoms with E-state index in [1.54, 1.807) is 0 Å².